The molecule has 0 amide bonds. The molecule has 0 aliphatic carbocycles. The van der Waals surface area contributed by atoms with Gasteiger partial charge >= 0.3 is 0 Å². The number of rotatable bonds is 4. The van der Waals surface area contributed by atoms with Crippen LogP contribution >= 0.6 is 0 Å². The van der Waals surface area contributed by atoms with Gasteiger partial charge in [-0.15, -0.1) is 0 Å². The largest absolute Gasteiger partial charge is 0.328 e. The maximum absolute atomic E-state index is 12.7. The van der Waals surface area contributed by atoms with E-state index in [9.17, 15) is 12.8 Å². The number of hydrogen-bond donors (Lipinski definition) is 1. The lowest BCUT2D eigenvalue weighted by Gasteiger charge is -2.28. The van der Waals surface area contributed by atoms with E-state index >= 15 is 0 Å². The van der Waals surface area contributed by atoms with Gasteiger partial charge in [-0.05, 0) is 30.5 Å². The summed E-state index contributed by atoms with van der Waals surface area (Å²) < 4.78 is 38.4. The number of halogens is 1. The molecule has 0 spiro atoms. The van der Waals surface area contributed by atoms with Crippen LogP contribution in [0.1, 0.15) is 18.4 Å². The zero-order chi connectivity index (χ0) is 14.6. The van der Waals surface area contributed by atoms with E-state index in [4.69, 9.17) is 5.73 Å². The Balaban J connectivity index is 1.93. The van der Waals surface area contributed by atoms with Crippen molar-refractivity contribution in [3.05, 3.63) is 41.7 Å². The highest BCUT2D eigenvalue weighted by Gasteiger charge is 2.25. The van der Waals surface area contributed by atoms with E-state index in [0.29, 0.717) is 25.9 Å². The Morgan fingerprint density at radius 3 is 2.45 bits per heavy atom. The molecule has 1 aliphatic rings. The van der Waals surface area contributed by atoms with Crippen molar-refractivity contribution in [2.24, 2.45) is 5.73 Å². The number of benzene rings is 1. The monoisotopic (exact) mass is 298 g/mol. The van der Waals surface area contributed by atoms with Crippen molar-refractivity contribution in [1.29, 1.82) is 0 Å². The zero-order valence-electron chi connectivity index (χ0n) is 11.2. The van der Waals surface area contributed by atoms with Gasteiger partial charge < -0.3 is 5.73 Å². The highest BCUT2D eigenvalue weighted by molar-refractivity contribution is 7.89. The van der Waals surface area contributed by atoms with E-state index in [2.05, 4.69) is 0 Å². The van der Waals surface area contributed by atoms with Crippen molar-refractivity contribution in [3.63, 3.8) is 0 Å². The first-order valence-corrected chi connectivity index (χ1v) is 8.24. The molecule has 1 saturated heterocycles. The van der Waals surface area contributed by atoms with E-state index in [-0.39, 0.29) is 17.6 Å². The molecule has 4 nitrogen and oxygen atoms in total. The molecule has 1 fully saturated rings. The molecule has 1 aromatic carbocycles. The van der Waals surface area contributed by atoms with Crippen LogP contribution in [0.15, 0.2) is 30.3 Å². The second-order valence-corrected chi connectivity index (χ2v) is 6.98. The van der Waals surface area contributed by atoms with Crippen LogP contribution in [0, 0.1) is 5.82 Å². The van der Waals surface area contributed by atoms with Crippen LogP contribution in [0.2, 0.25) is 0 Å². The van der Waals surface area contributed by atoms with Gasteiger partial charge in [0, 0.05) is 19.1 Å². The second kappa shape index (κ2) is 6.47. The Hall–Kier alpha value is -1.24. The van der Waals surface area contributed by atoms with E-state index in [1.165, 1.54) is 16.4 Å². The molecule has 0 atom stereocenters. The van der Waals surface area contributed by atoms with E-state index in [0.717, 1.165) is 5.56 Å². The highest BCUT2D eigenvalue weighted by atomic mass is 32.2. The van der Waals surface area contributed by atoms with E-state index in [1.54, 1.807) is 24.3 Å². The Bertz CT molecular complexity index is 561. The van der Waals surface area contributed by atoms with Gasteiger partial charge in [0.1, 0.15) is 5.82 Å². The quantitative estimate of drug-likeness (QED) is 0.918. The molecular weight excluding hydrogens is 279 g/mol. The molecule has 0 aromatic heterocycles. The summed E-state index contributed by atoms with van der Waals surface area (Å²) in [5.41, 5.74) is 6.54. The summed E-state index contributed by atoms with van der Waals surface area (Å²) in [6, 6.07) is 6.02. The first-order chi connectivity index (χ1) is 9.47. The molecule has 2 rings (SSSR count). The van der Waals surface area contributed by atoms with Gasteiger partial charge in [-0.25, -0.2) is 17.1 Å². The summed E-state index contributed by atoms with van der Waals surface area (Å²) in [6.07, 6.45) is 4.70. The molecule has 0 saturated carbocycles. The number of hydrogen-bond acceptors (Lipinski definition) is 3. The average Bonchev–Trinajstić information content (AvgIpc) is 2.41. The van der Waals surface area contributed by atoms with Crippen molar-refractivity contribution in [3.8, 4) is 0 Å². The van der Waals surface area contributed by atoms with Crippen molar-refractivity contribution in [2.75, 3.05) is 18.8 Å². The van der Waals surface area contributed by atoms with Crippen molar-refractivity contribution in [1.82, 2.24) is 4.31 Å². The normalized spacial score (nSPS) is 18.7. The van der Waals surface area contributed by atoms with E-state index < -0.39 is 10.0 Å². The number of nitrogens with zero attached hydrogens (tertiary/aromatic N) is 1. The van der Waals surface area contributed by atoms with Crippen molar-refractivity contribution in [2.45, 2.75) is 18.9 Å². The molecule has 0 unspecified atom stereocenters. The van der Waals surface area contributed by atoms with Gasteiger partial charge in [-0.1, -0.05) is 24.3 Å². The van der Waals surface area contributed by atoms with Crippen LogP contribution in [-0.2, 0) is 10.0 Å². The molecule has 2 N–H and O–H groups in total. The molecule has 110 valence electrons. The van der Waals surface area contributed by atoms with Crippen LogP contribution in [-0.4, -0.2) is 37.6 Å². The molecule has 0 radical (unpaired) electrons. The Kier molecular flexibility index (Phi) is 4.91. The minimum atomic E-state index is -3.27. The fourth-order valence-electron chi connectivity index (χ4n) is 2.14. The highest BCUT2D eigenvalue weighted by Crippen LogP contribution is 2.13. The average molecular weight is 298 g/mol. The van der Waals surface area contributed by atoms with Gasteiger partial charge in [-0.3, -0.25) is 0 Å². The number of sulfonamides is 1. The fraction of sp³-hybridized carbons (Fsp3) is 0.429. The summed E-state index contributed by atoms with van der Waals surface area (Å²) in [5.74, 6) is -0.348. The maximum atomic E-state index is 12.7. The molecule has 6 heteroatoms. The minimum absolute atomic E-state index is 0.0420. The zero-order valence-corrected chi connectivity index (χ0v) is 12.0. The summed E-state index contributed by atoms with van der Waals surface area (Å²) >= 11 is 0. The smallest absolute Gasteiger partial charge is 0.217 e. The van der Waals surface area contributed by atoms with Crippen LogP contribution in [0.4, 0.5) is 4.39 Å². The lowest BCUT2D eigenvalue weighted by molar-refractivity contribution is 0.321. The summed E-state index contributed by atoms with van der Waals surface area (Å²) in [6.45, 7) is 0.988. The SMILES string of the molecule is NC1CCN(S(=O)(=O)CC=Cc2ccc(F)cc2)CC1. The standard InChI is InChI=1S/C14H19FN2O2S/c15-13-5-3-12(4-6-13)2-1-11-20(18,19)17-9-7-14(16)8-10-17/h1-6,14H,7-11,16H2. The Labute approximate surface area is 119 Å². The maximum Gasteiger partial charge on any atom is 0.217 e. The first kappa shape index (κ1) is 15.2. The molecule has 1 heterocycles. The molecule has 0 bridgehead atoms. The predicted octanol–water partition coefficient (Wildman–Crippen LogP) is 1.59. The first-order valence-electron chi connectivity index (χ1n) is 6.63. The Morgan fingerprint density at radius 1 is 1.25 bits per heavy atom. The third-order valence-electron chi connectivity index (χ3n) is 3.38. The second-order valence-electron chi connectivity index (χ2n) is 4.97. The molecule has 1 aliphatic heterocycles. The summed E-state index contributed by atoms with van der Waals surface area (Å²) in [7, 11) is -3.27. The molecule has 20 heavy (non-hydrogen) atoms. The van der Waals surface area contributed by atoms with Gasteiger partial charge in [0.2, 0.25) is 10.0 Å². The summed E-state index contributed by atoms with van der Waals surface area (Å²) in [4.78, 5) is 0. The van der Waals surface area contributed by atoms with Crippen LogP contribution < -0.4 is 5.73 Å². The van der Waals surface area contributed by atoms with Crippen molar-refractivity contribution >= 4 is 16.1 Å². The topological polar surface area (TPSA) is 63.4 Å². The van der Waals surface area contributed by atoms with Crippen LogP contribution in [0.5, 0.6) is 0 Å². The number of nitrogens with two attached hydrogens (primary N) is 1. The molecule has 1 aromatic rings. The number of piperidine rings is 1. The van der Waals surface area contributed by atoms with Crippen LogP contribution in [0.25, 0.3) is 6.08 Å². The molecular formula is C14H19FN2O2S. The fourth-order valence-corrected chi connectivity index (χ4v) is 3.46. The van der Waals surface area contributed by atoms with Crippen molar-refractivity contribution < 1.29 is 12.8 Å². The van der Waals surface area contributed by atoms with E-state index in [1.807, 2.05) is 0 Å². The predicted molar refractivity (Wildman–Crippen MR) is 78.0 cm³/mol. The third-order valence-corrected chi connectivity index (χ3v) is 5.14. The van der Waals surface area contributed by atoms with Gasteiger partial charge in [0.05, 0.1) is 5.75 Å². The third kappa shape index (κ3) is 4.13. The summed E-state index contributed by atoms with van der Waals surface area (Å²) in [5, 5.41) is 0. The lowest BCUT2D eigenvalue weighted by atomic mass is 10.1. The van der Waals surface area contributed by atoms with Gasteiger partial charge in [-0.2, -0.15) is 0 Å². The lowest BCUT2D eigenvalue weighted by Crippen LogP contribution is -2.43. The van der Waals surface area contributed by atoms with Gasteiger partial charge in [0.25, 0.3) is 0 Å². The van der Waals surface area contributed by atoms with Gasteiger partial charge in [0.15, 0.2) is 0 Å². The van der Waals surface area contributed by atoms with Crippen LogP contribution in [0.3, 0.4) is 0 Å². The Morgan fingerprint density at radius 2 is 1.85 bits per heavy atom. The minimum Gasteiger partial charge on any atom is -0.328 e.